The maximum absolute atomic E-state index is 11.2. The van der Waals surface area contributed by atoms with Gasteiger partial charge in [-0.15, -0.1) is 0 Å². The number of aromatic hydroxyl groups is 1. The number of likely N-dealkylation sites (N-methyl/N-ethyl adjacent to an activating group) is 2. The first-order valence-electron chi connectivity index (χ1n) is 11.1. The molecule has 3 rings (SSSR count). The van der Waals surface area contributed by atoms with E-state index in [0.29, 0.717) is 33.4 Å². The Kier molecular flexibility index (Phi) is 8.17. The summed E-state index contributed by atoms with van der Waals surface area (Å²) in [6.45, 7) is 7.75. The zero-order valence-electron chi connectivity index (χ0n) is 20.4. The number of non-ortho nitro benzene ring substituents is 1. The zero-order chi connectivity index (χ0) is 25.5. The number of H-pyrrole nitrogens is 1. The van der Waals surface area contributed by atoms with Crippen LogP contribution in [-0.2, 0) is 0 Å². The van der Waals surface area contributed by atoms with Gasteiger partial charge in [-0.3, -0.25) is 15.1 Å². The van der Waals surface area contributed by atoms with E-state index in [4.69, 9.17) is 4.99 Å². The summed E-state index contributed by atoms with van der Waals surface area (Å²) in [5.74, 6) is -0.129. The summed E-state index contributed by atoms with van der Waals surface area (Å²) < 4.78 is 0. The van der Waals surface area contributed by atoms with Crippen LogP contribution in [0.4, 0.5) is 5.69 Å². The van der Waals surface area contributed by atoms with Crippen LogP contribution in [0.2, 0.25) is 0 Å². The lowest BCUT2D eigenvalue weighted by Crippen LogP contribution is -2.27. The number of fused-ring (bicyclic) bond motifs is 1. The Labute approximate surface area is 204 Å². The van der Waals surface area contributed by atoms with Crippen LogP contribution >= 0.6 is 0 Å². The second-order valence-corrected chi connectivity index (χ2v) is 8.30. The number of rotatable bonds is 10. The number of benzene rings is 1. The smallest absolute Gasteiger partial charge is 0.271 e. The number of hydrogen-bond acceptors (Lipinski definition) is 7. The Bertz CT molecular complexity index is 1310. The van der Waals surface area contributed by atoms with Gasteiger partial charge >= 0.3 is 0 Å². The highest BCUT2D eigenvalue weighted by Crippen LogP contribution is 2.32. The van der Waals surface area contributed by atoms with Gasteiger partial charge in [0.1, 0.15) is 0 Å². The van der Waals surface area contributed by atoms with Crippen molar-refractivity contribution in [1.29, 1.82) is 0 Å². The summed E-state index contributed by atoms with van der Waals surface area (Å²) in [6.07, 6.45) is 8.93. The lowest BCUT2D eigenvalue weighted by atomic mass is 10.0. The van der Waals surface area contributed by atoms with Gasteiger partial charge in [0.15, 0.2) is 5.88 Å². The molecule has 9 nitrogen and oxygen atoms in total. The number of nitrogens with zero attached hydrogens (tertiary/aromatic N) is 5. The van der Waals surface area contributed by atoms with Crippen LogP contribution in [0, 0.1) is 10.1 Å². The molecule has 2 heterocycles. The van der Waals surface area contributed by atoms with Crippen LogP contribution in [0.15, 0.2) is 83.9 Å². The first kappa shape index (κ1) is 25.4. The minimum atomic E-state index is -0.474. The van der Waals surface area contributed by atoms with Crippen LogP contribution in [0.5, 0.6) is 5.88 Å². The SMILES string of the molecule is C=C(/C=C\C(=C/C)N=C(c1cccnc1)c1c(O)[nH]c2cc([N+](=O)[O-])ccc12)N(C)CCN(C)C. The molecule has 0 bridgehead atoms. The van der Waals surface area contributed by atoms with Crippen molar-refractivity contribution in [1.82, 2.24) is 19.8 Å². The predicted octanol–water partition coefficient (Wildman–Crippen LogP) is 4.48. The highest BCUT2D eigenvalue weighted by atomic mass is 16.6. The third-order valence-corrected chi connectivity index (χ3v) is 5.50. The first-order chi connectivity index (χ1) is 16.7. The van der Waals surface area contributed by atoms with E-state index in [1.807, 2.05) is 52.4 Å². The standard InChI is InChI=1S/C26H30N6O3/c1-6-20(10-9-18(2)31(5)15-14-30(3)4)28-25(19-8-7-13-27-17-19)24-22-12-11-21(32(34)35)16-23(22)29-26(24)33/h6-13,16-17,29,33H,2,14-15H2,1,3-5H3/b10-9-,20-6+,28-25?. The van der Waals surface area contributed by atoms with Crippen molar-refractivity contribution in [3.05, 3.63) is 100 Å². The predicted molar refractivity (Wildman–Crippen MR) is 140 cm³/mol. The van der Waals surface area contributed by atoms with E-state index in [1.54, 1.807) is 24.5 Å². The molecule has 0 fully saturated rings. The minimum Gasteiger partial charge on any atom is -0.494 e. The van der Waals surface area contributed by atoms with Crippen molar-refractivity contribution < 1.29 is 10.0 Å². The number of allylic oxidation sites excluding steroid dienone is 3. The minimum absolute atomic E-state index is 0.0702. The van der Waals surface area contributed by atoms with Crippen LogP contribution < -0.4 is 0 Å². The fraction of sp³-hybridized carbons (Fsp3) is 0.231. The van der Waals surface area contributed by atoms with Gasteiger partial charge in [0.05, 0.1) is 27.4 Å². The molecule has 0 unspecified atom stereocenters. The summed E-state index contributed by atoms with van der Waals surface area (Å²) in [4.78, 5) is 26.8. The van der Waals surface area contributed by atoms with Crippen LogP contribution in [0.3, 0.4) is 0 Å². The summed E-state index contributed by atoms with van der Waals surface area (Å²) in [5, 5.41) is 22.6. The number of nitro benzene ring substituents is 1. The lowest BCUT2D eigenvalue weighted by Gasteiger charge is -2.21. The van der Waals surface area contributed by atoms with Crippen LogP contribution in [-0.4, -0.2) is 69.7 Å². The monoisotopic (exact) mass is 474 g/mol. The maximum Gasteiger partial charge on any atom is 0.271 e. The molecule has 0 aliphatic heterocycles. The molecular formula is C26H30N6O3. The molecule has 0 radical (unpaired) electrons. The molecule has 0 saturated carbocycles. The van der Waals surface area contributed by atoms with Gasteiger partial charge < -0.3 is 19.9 Å². The largest absolute Gasteiger partial charge is 0.494 e. The molecule has 182 valence electrons. The molecule has 9 heteroatoms. The Morgan fingerprint density at radius 1 is 1.26 bits per heavy atom. The van der Waals surface area contributed by atoms with Gasteiger partial charge in [0.25, 0.3) is 5.69 Å². The van der Waals surface area contributed by atoms with E-state index >= 15 is 0 Å². The number of hydrogen-bond donors (Lipinski definition) is 2. The topological polar surface area (TPSA) is 111 Å². The van der Waals surface area contributed by atoms with E-state index in [2.05, 4.69) is 26.3 Å². The van der Waals surface area contributed by atoms with Gasteiger partial charge in [-0.2, -0.15) is 0 Å². The summed E-state index contributed by atoms with van der Waals surface area (Å²) in [6, 6.07) is 8.04. The van der Waals surface area contributed by atoms with Gasteiger partial charge in [0, 0.05) is 61.3 Å². The molecule has 0 aliphatic rings. The van der Waals surface area contributed by atoms with E-state index in [0.717, 1.165) is 18.8 Å². The number of pyridine rings is 1. The summed E-state index contributed by atoms with van der Waals surface area (Å²) in [5.41, 5.74) is 3.48. The molecule has 0 amide bonds. The molecule has 0 aliphatic carbocycles. The third kappa shape index (κ3) is 6.21. The average molecular weight is 475 g/mol. The number of aromatic amines is 1. The Hall–Kier alpha value is -4.24. The summed E-state index contributed by atoms with van der Waals surface area (Å²) in [7, 11) is 6.04. The van der Waals surface area contributed by atoms with Crippen molar-refractivity contribution in [2.75, 3.05) is 34.2 Å². The highest BCUT2D eigenvalue weighted by Gasteiger charge is 2.20. The second-order valence-electron chi connectivity index (χ2n) is 8.30. The van der Waals surface area contributed by atoms with Crippen molar-refractivity contribution >= 4 is 22.3 Å². The number of nitro groups is 1. The molecule has 0 saturated heterocycles. The van der Waals surface area contributed by atoms with Crippen LogP contribution in [0.25, 0.3) is 10.9 Å². The Morgan fingerprint density at radius 3 is 2.66 bits per heavy atom. The molecule has 1 aromatic carbocycles. The summed E-state index contributed by atoms with van der Waals surface area (Å²) >= 11 is 0. The van der Waals surface area contributed by atoms with E-state index in [-0.39, 0.29) is 11.6 Å². The Morgan fingerprint density at radius 2 is 2.03 bits per heavy atom. The zero-order valence-corrected chi connectivity index (χ0v) is 20.4. The lowest BCUT2D eigenvalue weighted by molar-refractivity contribution is -0.384. The Balaban J connectivity index is 2.04. The van der Waals surface area contributed by atoms with Gasteiger partial charge in [0.2, 0.25) is 0 Å². The maximum atomic E-state index is 11.2. The average Bonchev–Trinajstić information content (AvgIpc) is 3.17. The highest BCUT2D eigenvalue weighted by molar-refractivity contribution is 6.21. The third-order valence-electron chi connectivity index (χ3n) is 5.50. The quantitative estimate of drug-likeness (QED) is 0.194. The molecule has 0 spiro atoms. The van der Waals surface area contributed by atoms with Gasteiger partial charge in [-0.25, -0.2) is 4.99 Å². The van der Waals surface area contributed by atoms with Crippen molar-refractivity contribution in [3.63, 3.8) is 0 Å². The van der Waals surface area contributed by atoms with Crippen molar-refractivity contribution in [3.8, 4) is 5.88 Å². The van der Waals surface area contributed by atoms with Gasteiger partial charge in [-0.05, 0) is 51.4 Å². The van der Waals surface area contributed by atoms with E-state index in [1.165, 1.54) is 12.1 Å². The molecule has 35 heavy (non-hydrogen) atoms. The van der Waals surface area contributed by atoms with E-state index in [9.17, 15) is 15.2 Å². The number of aliphatic imine (C=N–C) groups is 1. The number of aromatic nitrogens is 2. The van der Waals surface area contributed by atoms with E-state index < -0.39 is 4.92 Å². The van der Waals surface area contributed by atoms with Crippen molar-refractivity contribution in [2.45, 2.75) is 6.92 Å². The molecule has 2 aromatic heterocycles. The molecule has 3 aromatic rings. The van der Waals surface area contributed by atoms with Crippen LogP contribution in [0.1, 0.15) is 18.1 Å². The molecule has 2 N–H and O–H groups in total. The fourth-order valence-electron chi connectivity index (χ4n) is 3.42. The fourth-order valence-corrected chi connectivity index (χ4v) is 3.42. The molecule has 0 atom stereocenters. The molecular weight excluding hydrogens is 444 g/mol. The number of nitrogens with one attached hydrogen (secondary N) is 1. The first-order valence-corrected chi connectivity index (χ1v) is 11.1. The normalized spacial score (nSPS) is 12.6. The second kappa shape index (κ2) is 11.3. The van der Waals surface area contributed by atoms with Crippen molar-refractivity contribution in [2.24, 2.45) is 4.99 Å². The van der Waals surface area contributed by atoms with Gasteiger partial charge in [-0.1, -0.05) is 12.7 Å².